The minimum absolute atomic E-state index is 0.330. The van der Waals surface area contributed by atoms with Gasteiger partial charge in [-0.1, -0.05) is 33.3 Å². The van der Waals surface area contributed by atoms with Gasteiger partial charge in [0.25, 0.3) is 0 Å². The quantitative estimate of drug-likeness (QED) is 0.323. The minimum Gasteiger partial charge on any atom is -0.462 e. The fourth-order valence-electron chi connectivity index (χ4n) is 2.96. The van der Waals surface area contributed by atoms with Crippen molar-refractivity contribution in [2.75, 3.05) is 24.6 Å². The van der Waals surface area contributed by atoms with Gasteiger partial charge in [0.15, 0.2) is 0 Å². The van der Waals surface area contributed by atoms with Gasteiger partial charge in [-0.25, -0.2) is 9.78 Å². The average molecular weight is 372 g/mol. The normalized spacial score (nSPS) is 10.9. The molecule has 0 bridgehead atoms. The van der Waals surface area contributed by atoms with Crippen molar-refractivity contribution in [2.24, 2.45) is 0 Å². The zero-order chi connectivity index (χ0) is 19.6. The molecule has 5 heteroatoms. The zero-order valence-electron chi connectivity index (χ0n) is 17.0. The largest absolute Gasteiger partial charge is 0.462 e. The third-order valence-electron chi connectivity index (χ3n) is 4.58. The molecule has 0 amide bonds. The van der Waals surface area contributed by atoms with Crippen LogP contribution in [0.2, 0.25) is 0 Å². The lowest BCUT2D eigenvalue weighted by Crippen LogP contribution is -2.25. The first-order valence-electron chi connectivity index (χ1n) is 10.1. The molecule has 1 heterocycles. The van der Waals surface area contributed by atoms with Crippen molar-refractivity contribution in [2.45, 2.75) is 59.3 Å². The number of benzene rings is 1. The predicted molar refractivity (Wildman–Crippen MR) is 112 cm³/mol. The molecule has 0 spiro atoms. The highest BCUT2D eigenvalue weighted by Crippen LogP contribution is 2.22. The van der Waals surface area contributed by atoms with Crippen molar-refractivity contribution in [1.29, 1.82) is 0 Å². The maximum absolute atomic E-state index is 11.4. The molecule has 0 atom stereocenters. The summed E-state index contributed by atoms with van der Waals surface area (Å²) in [4.78, 5) is 21.9. The monoisotopic (exact) mass is 371 g/mol. The number of anilines is 1. The molecular weight excluding hydrogens is 338 g/mol. The van der Waals surface area contributed by atoms with Crippen LogP contribution in [0.1, 0.15) is 58.7 Å². The molecule has 0 saturated carbocycles. The van der Waals surface area contributed by atoms with Crippen LogP contribution in [0.5, 0.6) is 0 Å². The maximum Gasteiger partial charge on any atom is 0.333 e. The molecule has 0 unspecified atom stereocenters. The zero-order valence-corrected chi connectivity index (χ0v) is 17.0. The molecule has 1 aromatic carbocycles. The smallest absolute Gasteiger partial charge is 0.333 e. The van der Waals surface area contributed by atoms with Crippen molar-refractivity contribution in [3.63, 3.8) is 0 Å². The number of nitrogens with zero attached hydrogens (tertiary/aromatic N) is 2. The number of fused-ring (bicyclic) bond motifs is 1. The molecule has 0 aliphatic rings. The first-order chi connectivity index (χ1) is 13.0. The summed E-state index contributed by atoms with van der Waals surface area (Å²) in [6.07, 6.45) is 6.31. The molecule has 1 aromatic heterocycles. The van der Waals surface area contributed by atoms with Crippen LogP contribution in [0.25, 0.3) is 11.0 Å². The van der Waals surface area contributed by atoms with Crippen LogP contribution in [-0.4, -0.2) is 35.6 Å². The molecule has 27 heavy (non-hydrogen) atoms. The lowest BCUT2D eigenvalue weighted by atomic mass is 10.2. The number of carbonyl (C=O) groups excluding carboxylic acids is 1. The van der Waals surface area contributed by atoms with E-state index in [2.05, 4.69) is 53.5 Å². The lowest BCUT2D eigenvalue weighted by Gasteiger charge is -2.24. The third-order valence-corrected chi connectivity index (χ3v) is 4.58. The van der Waals surface area contributed by atoms with E-state index in [-0.39, 0.29) is 5.97 Å². The molecule has 2 aromatic rings. The summed E-state index contributed by atoms with van der Waals surface area (Å²) in [5, 5.41) is 0. The second kappa shape index (κ2) is 10.8. The van der Waals surface area contributed by atoms with Crippen LogP contribution in [0.4, 0.5) is 5.69 Å². The first kappa shape index (κ1) is 21.0. The summed E-state index contributed by atoms with van der Waals surface area (Å²) in [7, 11) is 0. The van der Waals surface area contributed by atoms with E-state index in [1.807, 2.05) is 0 Å². The fraction of sp³-hybridized carbons (Fsp3) is 0.545. The van der Waals surface area contributed by atoms with Gasteiger partial charge in [-0.2, -0.15) is 0 Å². The SMILES string of the molecule is C=C(C)C(=O)OCCCc1nc2ccc(N(CCCC)CCCC)cc2[nH]1. The maximum atomic E-state index is 11.4. The summed E-state index contributed by atoms with van der Waals surface area (Å²) in [5.41, 5.74) is 3.75. The van der Waals surface area contributed by atoms with Crippen molar-refractivity contribution < 1.29 is 9.53 Å². The topological polar surface area (TPSA) is 58.2 Å². The molecule has 1 N–H and O–H groups in total. The Labute approximate surface area is 162 Å². The Morgan fingerprint density at radius 3 is 2.52 bits per heavy atom. The van der Waals surface area contributed by atoms with E-state index >= 15 is 0 Å². The van der Waals surface area contributed by atoms with Crippen LogP contribution in [0, 0.1) is 0 Å². The number of nitrogens with one attached hydrogen (secondary N) is 1. The standard InChI is InChI=1S/C22H33N3O2/c1-5-7-13-25(14-8-6-2)18-11-12-19-20(16-18)24-21(23-19)10-9-15-27-22(26)17(3)4/h11-12,16H,3,5-10,13-15H2,1-2,4H3,(H,23,24). The molecule has 0 radical (unpaired) electrons. The van der Waals surface area contributed by atoms with Gasteiger partial charge in [0.2, 0.25) is 0 Å². The minimum atomic E-state index is -0.330. The van der Waals surface area contributed by atoms with Crippen LogP contribution < -0.4 is 4.90 Å². The number of esters is 1. The number of imidazole rings is 1. The number of aromatic amines is 1. The van der Waals surface area contributed by atoms with Gasteiger partial charge in [0.1, 0.15) is 5.82 Å². The molecular formula is C22H33N3O2. The molecule has 0 aliphatic carbocycles. The molecule has 0 aliphatic heterocycles. The summed E-state index contributed by atoms with van der Waals surface area (Å²) in [5.74, 6) is 0.602. The Morgan fingerprint density at radius 2 is 1.89 bits per heavy atom. The summed E-state index contributed by atoms with van der Waals surface area (Å²) >= 11 is 0. The number of H-pyrrole nitrogens is 1. The highest BCUT2D eigenvalue weighted by atomic mass is 16.5. The van der Waals surface area contributed by atoms with E-state index in [1.165, 1.54) is 31.4 Å². The van der Waals surface area contributed by atoms with Crippen LogP contribution >= 0.6 is 0 Å². The van der Waals surface area contributed by atoms with Crippen molar-refractivity contribution >= 4 is 22.7 Å². The lowest BCUT2D eigenvalue weighted by molar-refractivity contribution is -0.139. The highest BCUT2D eigenvalue weighted by molar-refractivity contribution is 5.86. The summed E-state index contributed by atoms with van der Waals surface area (Å²) in [6, 6.07) is 6.47. The van der Waals surface area contributed by atoms with Crippen molar-refractivity contribution in [3.8, 4) is 0 Å². The Hall–Kier alpha value is -2.30. The van der Waals surface area contributed by atoms with Gasteiger partial charge in [-0.15, -0.1) is 0 Å². The molecule has 2 rings (SSSR count). The van der Waals surface area contributed by atoms with E-state index in [0.717, 1.165) is 42.8 Å². The van der Waals surface area contributed by atoms with E-state index < -0.39 is 0 Å². The van der Waals surface area contributed by atoms with Gasteiger partial charge in [-0.3, -0.25) is 0 Å². The summed E-state index contributed by atoms with van der Waals surface area (Å²) < 4.78 is 5.14. The molecule has 5 nitrogen and oxygen atoms in total. The Balaban J connectivity index is 1.99. The van der Waals surface area contributed by atoms with Crippen LogP contribution in [-0.2, 0) is 16.0 Å². The van der Waals surface area contributed by atoms with Crippen molar-refractivity contribution in [3.05, 3.63) is 36.2 Å². The Bertz CT molecular complexity index is 743. The molecule has 148 valence electrons. The van der Waals surface area contributed by atoms with Crippen LogP contribution in [0.15, 0.2) is 30.4 Å². The van der Waals surface area contributed by atoms with E-state index in [0.29, 0.717) is 12.2 Å². The number of unbranched alkanes of at least 4 members (excludes halogenated alkanes) is 2. The van der Waals surface area contributed by atoms with Crippen LogP contribution in [0.3, 0.4) is 0 Å². The second-order valence-corrected chi connectivity index (χ2v) is 7.10. The van der Waals surface area contributed by atoms with E-state index in [1.54, 1.807) is 6.92 Å². The first-order valence-corrected chi connectivity index (χ1v) is 10.1. The number of rotatable bonds is 12. The molecule has 0 fully saturated rings. The second-order valence-electron chi connectivity index (χ2n) is 7.10. The number of carbonyl (C=O) groups is 1. The number of aryl methyl sites for hydroxylation is 1. The number of hydrogen-bond donors (Lipinski definition) is 1. The highest BCUT2D eigenvalue weighted by Gasteiger charge is 2.09. The van der Waals surface area contributed by atoms with Gasteiger partial charge in [-0.05, 0) is 44.4 Å². The number of aromatic nitrogens is 2. The van der Waals surface area contributed by atoms with E-state index in [4.69, 9.17) is 4.74 Å². The fourth-order valence-corrected chi connectivity index (χ4v) is 2.96. The van der Waals surface area contributed by atoms with Gasteiger partial charge < -0.3 is 14.6 Å². The Kier molecular flexibility index (Phi) is 8.37. The number of ether oxygens (including phenoxy) is 1. The summed E-state index contributed by atoms with van der Waals surface area (Å²) in [6.45, 7) is 12.3. The predicted octanol–water partition coefficient (Wildman–Crippen LogP) is 5.02. The van der Waals surface area contributed by atoms with Gasteiger partial charge >= 0.3 is 5.97 Å². The van der Waals surface area contributed by atoms with Gasteiger partial charge in [0.05, 0.1) is 17.6 Å². The van der Waals surface area contributed by atoms with Gasteiger partial charge in [0, 0.05) is 30.8 Å². The van der Waals surface area contributed by atoms with E-state index in [9.17, 15) is 4.79 Å². The third kappa shape index (κ3) is 6.42. The van der Waals surface area contributed by atoms with Crippen molar-refractivity contribution in [1.82, 2.24) is 9.97 Å². The average Bonchev–Trinajstić information content (AvgIpc) is 3.07. The molecule has 0 saturated heterocycles. The Morgan fingerprint density at radius 1 is 1.19 bits per heavy atom. The number of hydrogen-bond acceptors (Lipinski definition) is 4.